The molecular weight excluding hydrogens is 404 g/mol. The third-order valence-corrected chi connectivity index (χ3v) is 5.56. The summed E-state index contributed by atoms with van der Waals surface area (Å²) in [7, 11) is 0. The van der Waals surface area contributed by atoms with Gasteiger partial charge in [0.2, 0.25) is 0 Å². The van der Waals surface area contributed by atoms with Crippen LogP contribution in [0.1, 0.15) is 34.0 Å². The van der Waals surface area contributed by atoms with Crippen LogP contribution in [0.2, 0.25) is 0 Å². The topological polar surface area (TPSA) is 65.7 Å². The van der Waals surface area contributed by atoms with Crippen LogP contribution in [0, 0.1) is 0 Å². The summed E-state index contributed by atoms with van der Waals surface area (Å²) in [5, 5.41) is 0.617. The van der Waals surface area contributed by atoms with Gasteiger partial charge in [-0.2, -0.15) is 0 Å². The van der Waals surface area contributed by atoms with Crippen molar-refractivity contribution in [1.29, 1.82) is 0 Å². The Morgan fingerprint density at radius 1 is 0.938 bits per heavy atom. The maximum atomic E-state index is 12.5. The first-order chi connectivity index (χ1) is 15.6. The van der Waals surface area contributed by atoms with Crippen molar-refractivity contribution in [3.8, 4) is 5.75 Å². The van der Waals surface area contributed by atoms with Crippen molar-refractivity contribution in [2.45, 2.75) is 12.5 Å². The molecule has 0 unspecified atom stereocenters. The molecule has 0 fully saturated rings. The highest BCUT2D eigenvalue weighted by Gasteiger charge is 2.37. The molecule has 158 valence electrons. The molecule has 0 amide bonds. The van der Waals surface area contributed by atoms with Crippen molar-refractivity contribution in [2.75, 3.05) is 6.61 Å². The summed E-state index contributed by atoms with van der Waals surface area (Å²) < 4.78 is 17.1. The number of ether oxygens (including phenoxy) is 2. The van der Waals surface area contributed by atoms with E-state index in [1.54, 1.807) is 13.0 Å². The number of hydrogen-bond acceptors (Lipinski definition) is 5. The van der Waals surface area contributed by atoms with Gasteiger partial charge in [-0.3, -0.25) is 0 Å². The molecule has 0 radical (unpaired) electrons. The molecule has 1 aromatic heterocycles. The highest BCUT2D eigenvalue weighted by molar-refractivity contribution is 5.96. The van der Waals surface area contributed by atoms with Crippen LogP contribution in [-0.4, -0.2) is 12.6 Å². The van der Waals surface area contributed by atoms with Gasteiger partial charge in [-0.25, -0.2) is 9.59 Å². The van der Waals surface area contributed by atoms with E-state index in [4.69, 9.17) is 13.9 Å². The number of hydrogen-bond donors (Lipinski definition) is 0. The SMILES string of the molecule is CCOC(=O)c1cc2ccc3c(c2oc1=O)C=CC(c1ccccc1)(c1ccccc1)O3. The van der Waals surface area contributed by atoms with E-state index in [-0.39, 0.29) is 12.2 Å². The van der Waals surface area contributed by atoms with Gasteiger partial charge in [0.1, 0.15) is 16.9 Å². The van der Waals surface area contributed by atoms with E-state index in [9.17, 15) is 9.59 Å². The molecule has 4 aromatic rings. The van der Waals surface area contributed by atoms with Gasteiger partial charge in [-0.15, -0.1) is 0 Å². The van der Waals surface area contributed by atoms with Gasteiger partial charge in [-0.05, 0) is 37.3 Å². The third-order valence-electron chi connectivity index (χ3n) is 5.56. The van der Waals surface area contributed by atoms with Crippen LogP contribution < -0.4 is 10.4 Å². The monoisotopic (exact) mass is 424 g/mol. The first kappa shape index (κ1) is 19.8. The summed E-state index contributed by atoms with van der Waals surface area (Å²) in [6, 6.07) is 25.0. The number of carbonyl (C=O) groups is 1. The van der Waals surface area contributed by atoms with Gasteiger partial charge >= 0.3 is 11.6 Å². The van der Waals surface area contributed by atoms with E-state index in [2.05, 4.69) is 0 Å². The molecule has 32 heavy (non-hydrogen) atoms. The zero-order valence-electron chi connectivity index (χ0n) is 17.4. The smallest absolute Gasteiger partial charge is 0.351 e. The van der Waals surface area contributed by atoms with Crippen molar-refractivity contribution >= 4 is 23.0 Å². The Hall–Kier alpha value is -4.12. The van der Waals surface area contributed by atoms with Crippen LogP contribution >= 0.6 is 0 Å². The van der Waals surface area contributed by atoms with Crippen molar-refractivity contribution in [1.82, 2.24) is 0 Å². The van der Waals surface area contributed by atoms with Gasteiger partial charge < -0.3 is 13.9 Å². The number of carbonyl (C=O) groups excluding carboxylic acids is 1. The van der Waals surface area contributed by atoms with Crippen LogP contribution in [0.3, 0.4) is 0 Å². The van der Waals surface area contributed by atoms with Crippen LogP contribution in [0.4, 0.5) is 0 Å². The van der Waals surface area contributed by atoms with E-state index in [0.29, 0.717) is 22.3 Å². The second kappa shape index (κ2) is 7.85. The van der Waals surface area contributed by atoms with Crippen LogP contribution in [0.5, 0.6) is 5.75 Å². The molecule has 0 atom stereocenters. The minimum atomic E-state index is -0.825. The Labute approximate surface area is 184 Å². The summed E-state index contributed by atoms with van der Waals surface area (Å²) in [4.78, 5) is 24.5. The molecule has 0 bridgehead atoms. The lowest BCUT2D eigenvalue weighted by molar-refractivity contribution is 0.0522. The Morgan fingerprint density at radius 3 is 2.22 bits per heavy atom. The second-order valence-corrected chi connectivity index (χ2v) is 7.47. The zero-order chi connectivity index (χ0) is 22.1. The van der Waals surface area contributed by atoms with Crippen molar-refractivity contribution < 1.29 is 18.7 Å². The number of fused-ring (bicyclic) bond motifs is 3. The lowest BCUT2D eigenvalue weighted by Crippen LogP contribution is -2.34. The van der Waals surface area contributed by atoms with Gasteiger partial charge in [0.05, 0.1) is 12.2 Å². The average Bonchev–Trinajstić information content (AvgIpc) is 2.84. The largest absolute Gasteiger partial charge is 0.473 e. The maximum Gasteiger partial charge on any atom is 0.351 e. The molecular formula is C27H20O5. The molecule has 3 aromatic carbocycles. The number of rotatable bonds is 4. The predicted octanol–water partition coefficient (Wildman–Crippen LogP) is 5.32. The van der Waals surface area contributed by atoms with E-state index < -0.39 is 17.2 Å². The minimum Gasteiger partial charge on any atom is -0.473 e. The number of esters is 1. The van der Waals surface area contributed by atoms with Crippen molar-refractivity contribution in [2.24, 2.45) is 0 Å². The fraction of sp³-hybridized carbons (Fsp3) is 0.111. The Bertz CT molecular complexity index is 1350. The van der Waals surface area contributed by atoms with E-state index in [1.807, 2.05) is 78.9 Å². The summed E-state index contributed by atoms with van der Waals surface area (Å²) in [5.74, 6) is -0.112. The summed E-state index contributed by atoms with van der Waals surface area (Å²) in [6.07, 6.45) is 3.88. The molecule has 5 nitrogen and oxygen atoms in total. The summed E-state index contributed by atoms with van der Waals surface area (Å²) >= 11 is 0. The third kappa shape index (κ3) is 3.19. The number of benzene rings is 3. The molecule has 2 heterocycles. The Morgan fingerprint density at radius 2 is 1.59 bits per heavy atom. The lowest BCUT2D eigenvalue weighted by atomic mass is 9.83. The molecule has 5 rings (SSSR count). The molecule has 0 saturated carbocycles. The van der Waals surface area contributed by atoms with Gasteiger partial charge in [0, 0.05) is 16.5 Å². The van der Waals surface area contributed by atoms with E-state index in [0.717, 1.165) is 11.1 Å². The van der Waals surface area contributed by atoms with Crippen LogP contribution in [0.15, 0.2) is 94.2 Å². The summed E-state index contributed by atoms with van der Waals surface area (Å²) in [5.41, 5.74) is 1.29. The van der Waals surface area contributed by atoms with Gasteiger partial charge in [-0.1, -0.05) is 60.7 Å². The first-order valence-corrected chi connectivity index (χ1v) is 10.4. The average molecular weight is 424 g/mol. The second-order valence-electron chi connectivity index (χ2n) is 7.47. The van der Waals surface area contributed by atoms with E-state index >= 15 is 0 Å². The first-order valence-electron chi connectivity index (χ1n) is 10.4. The van der Waals surface area contributed by atoms with Crippen LogP contribution in [-0.2, 0) is 10.3 Å². The Kier molecular flexibility index (Phi) is 4.86. The molecule has 0 aliphatic carbocycles. The quantitative estimate of drug-likeness (QED) is 0.328. The fourth-order valence-corrected chi connectivity index (χ4v) is 4.04. The Balaban J connectivity index is 1.67. The highest BCUT2D eigenvalue weighted by Crippen LogP contribution is 2.43. The maximum absolute atomic E-state index is 12.5. The molecule has 0 spiro atoms. The molecule has 5 heteroatoms. The van der Waals surface area contributed by atoms with Gasteiger partial charge in [0.15, 0.2) is 5.60 Å². The molecule has 0 N–H and O–H groups in total. The molecule has 1 aliphatic rings. The van der Waals surface area contributed by atoms with Crippen molar-refractivity contribution in [3.05, 3.63) is 118 Å². The van der Waals surface area contributed by atoms with Crippen LogP contribution in [0.25, 0.3) is 17.0 Å². The standard InChI is InChI=1S/C27H20O5/c1-2-30-25(28)22-17-18-13-14-23-21(24(18)31-26(22)29)15-16-27(32-23,19-9-5-3-6-10-19)20-11-7-4-8-12-20/h3-17H,2H2,1H3. The van der Waals surface area contributed by atoms with Gasteiger partial charge in [0.25, 0.3) is 0 Å². The van der Waals surface area contributed by atoms with E-state index in [1.165, 1.54) is 6.07 Å². The fourth-order valence-electron chi connectivity index (χ4n) is 4.04. The van der Waals surface area contributed by atoms with Crippen molar-refractivity contribution in [3.63, 3.8) is 0 Å². The normalized spacial score (nSPS) is 13.9. The molecule has 1 aliphatic heterocycles. The highest BCUT2D eigenvalue weighted by atomic mass is 16.5. The minimum absolute atomic E-state index is 0.122. The lowest BCUT2D eigenvalue weighted by Gasteiger charge is -2.36. The zero-order valence-corrected chi connectivity index (χ0v) is 17.4. The molecule has 0 saturated heterocycles. The summed E-state index contributed by atoms with van der Waals surface area (Å²) in [6.45, 7) is 1.86. The predicted molar refractivity (Wildman–Crippen MR) is 122 cm³/mol.